The van der Waals surface area contributed by atoms with E-state index in [2.05, 4.69) is 17.0 Å². The van der Waals surface area contributed by atoms with Crippen molar-refractivity contribution in [2.75, 3.05) is 31.2 Å². The lowest BCUT2D eigenvalue weighted by Gasteiger charge is -2.29. The van der Waals surface area contributed by atoms with Gasteiger partial charge in [-0.2, -0.15) is 0 Å². The van der Waals surface area contributed by atoms with Crippen molar-refractivity contribution < 1.29 is 14.6 Å². The fourth-order valence-electron chi connectivity index (χ4n) is 2.26. The van der Waals surface area contributed by atoms with Gasteiger partial charge in [0.2, 0.25) is 0 Å². The van der Waals surface area contributed by atoms with Crippen LogP contribution < -0.4 is 10.6 Å². The van der Waals surface area contributed by atoms with Gasteiger partial charge in [0, 0.05) is 24.8 Å². The summed E-state index contributed by atoms with van der Waals surface area (Å²) in [6.07, 6.45) is 0.598. The summed E-state index contributed by atoms with van der Waals surface area (Å²) < 4.78 is 5.32. The van der Waals surface area contributed by atoms with Crippen LogP contribution in [-0.2, 0) is 16.0 Å². The lowest BCUT2D eigenvalue weighted by Crippen LogP contribution is -2.36. The zero-order valence-corrected chi connectivity index (χ0v) is 10.9. The van der Waals surface area contributed by atoms with Crippen molar-refractivity contribution >= 4 is 11.7 Å². The van der Waals surface area contributed by atoms with E-state index < -0.39 is 5.97 Å². The molecule has 5 nitrogen and oxygen atoms in total. The van der Waals surface area contributed by atoms with Crippen LogP contribution >= 0.6 is 0 Å². The SMILES string of the molecule is NC(CC(=O)O)Cc1ccc(N2CCOCC2)cc1. The maximum Gasteiger partial charge on any atom is 0.304 e. The van der Waals surface area contributed by atoms with Crippen LogP contribution in [0.15, 0.2) is 24.3 Å². The molecule has 1 aliphatic heterocycles. The molecular formula is C14H20N2O3. The average molecular weight is 264 g/mol. The van der Waals surface area contributed by atoms with Crippen molar-refractivity contribution in [3.8, 4) is 0 Å². The summed E-state index contributed by atoms with van der Waals surface area (Å²) in [6.45, 7) is 3.37. The molecular weight excluding hydrogens is 244 g/mol. The van der Waals surface area contributed by atoms with Crippen molar-refractivity contribution in [2.24, 2.45) is 5.73 Å². The zero-order valence-electron chi connectivity index (χ0n) is 10.9. The lowest BCUT2D eigenvalue weighted by molar-refractivity contribution is -0.137. The fraction of sp³-hybridized carbons (Fsp3) is 0.500. The molecule has 0 amide bonds. The largest absolute Gasteiger partial charge is 0.481 e. The van der Waals surface area contributed by atoms with Gasteiger partial charge in [-0.25, -0.2) is 0 Å². The van der Waals surface area contributed by atoms with Gasteiger partial charge in [-0.15, -0.1) is 0 Å². The van der Waals surface area contributed by atoms with Crippen LogP contribution in [0.1, 0.15) is 12.0 Å². The highest BCUT2D eigenvalue weighted by molar-refractivity contribution is 5.67. The minimum absolute atomic E-state index is 0.00517. The zero-order chi connectivity index (χ0) is 13.7. The molecule has 3 N–H and O–H groups in total. The van der Waals surface area contributed by atoms with Crippen molar-refractivity contribution in [3.05, 3.63) is 29.8 Å². The number of carboxylic acids is 1. The Balaban J connectivity index is 1.92. The minimum atomic E-state index is -0.850. The maximum atomic E-state index is 10.6. The summed E-state index contributed by atoms with van der Waals surface area (Å²) in [5, 5.41) is 8.68. The summed E-state index contributed by atoms with van der Waals surface area (Å²) in [4.78, 5) is 12.8. The number of nitrogens with zero attached hydrogens (tertiary/aromatic N) is 1. The van der Waals surface area contributed by atoms with E-state index in [1.807, 2.05) is 12.1 Å². The van der Waals surface area contributed by atoms with Gasteiger partial charge in [0.25, 0.3) is 0 Å². The first-order chi connectivity index (χ1) is 9.15. The molecule has 1 fully saturated rings. The number of rotatable bonds is 5. The van der Waals surface area contributed by atoms with E-state index >= 15 is 0 Å². The van der Waals surface area contributed by atoms with Gasteiger partial charge in [-0.3, -0.25) is 4.79 Å². The van der Waals surface area contributed by atoms with Crippen LogP contribution in [0.5, 0.6) is 0 Å². The molecule has 104 valence electrons. The summed E-state index contributed by atoms with van der Waals surface area (Å²) in [7, 11) is 0. The first-order valence-electron chi connectivity index (χ1n) is 6.54. The number of hydrogen-bond acceptors (Lipinski definition) is 4. The van der Waals surface area contributed by atoms with Gasteiger partial charge in [-0.05, 0) is 24.1 Å². The lowest BCUT2D eigenvalue weighted by atomic mass is 10.0. The Morgan fingerprint density at radius 2 is 1.95 bits per heavy atom. The number of anilines is 1. The van der Waals surface area contributed by atoms with Gasteiger partial charge < -0.3 is 20.5 Å². The predicted octanol–water partition coefficient (Wildman–Crippen LogP) is 0.868. The topological polar surface area (TPSA) is 75.8 Å². The van der Waals surface area contributed by atoms with E-state index in [-0.39, 0.29) is 12.5 Å². The molecule has 1 aliphatic rings. The molecule has 1 atom stereocenters. The van der Waals surface area contributed by atoms with Crippen LogP contribution in [0.2, 0.25) is 0 Å². The monoisotopic (exact) mass is 264 g/mol. The Morgan fingerprint density at radius 3 is 2.53 bits per heavy atom. The van der Waals surface area contributed by atoms with Crippen molar-refractivity contribution in [1.29, 1.82) is 0 Å². The number of morpholine rings is 1. The van der Waals surface area contributed by atoms with E-state index in [4.69, 9.17) is 15.6 Å². The first kappa shape index (κ1) is 13.8. The molecule has 0 saturated carbocycles. The molecule has 19 heavy (non-hydrogen) atoms. The highest BCUT2D eigenvalue weighted by Gasteiger charge is 2.12. The number of nitrogens with two attached hydrogens (primary N) is 1. The fourth-order valence-corrected chi connectivity index (χ4v) is 2.26. The molecule has 0 spiro atoms. The summed E-state index contributed by atoms with van der Waals surface area (Å²) in [6, 6.07) is 7.84. The maximum absolute atomic E-state index is 10.6. The predicted molar refractivity (Wildman–Crippen MR) is 73.4 cm³/mol. The van der Waals surface area contributed by atoms with Gasteiger partial charge in [0.05, 0.1) is 19.6 Å². The van der Waals surface area contributed by atoms with Crippen molar-refractivity contribution in [3.63, 3.8) is 0 Å². The molecule has 1 heterocycles. The standard InChI is InChI=1S/C14H20N2O3/c15-12(10-14(17)18)9-11-1-3-13(4-2-11)16-5-7-19-8-6-16/h1-4,12H,5-10,15H2,(H,17,18). The molecule has 0 radical (unpaired) electrons. The van der Waals surface area contributed by atoms with Gasteiger partial charge in [-0.1, -0.05) is 12.1 Å². The Morgan fingerprint density at radius 1 is 1.32 bits per heavy atom. The molecule has 1 saturated heterocycles. The van der Waals surface area contributed by atoms with Crippen LogP contribution in [0.4, 0.5) is 5.69 Å². The number of carbonyl (C=O) groups is 1. The number of ether oxygens (including phenoxy) is 1. The second-order valence-corrected chi connectivity index (χ2v) is 4.83. The van der Waals surface area contributed by atoms with Gasteiger partial charge in [0.15, 0.2) is 0 Å². The molecule has 0 aliphatic carbocycles. The molecule has 5 heteroatoms. The smallest absolute Gasteiger partial charge is 0.304 e. The highest BCUT2D eigenvalue weighted by Crippen LogP contribution is 2.17. The number of carboxylic acid groups (broad SMARTS) is 1. The summed E-state index contributed by atoms with van der Waals surface area (Å²) in [5.74, 6) is -0.850. The molecule has 0 bridgehead atoms. The third-order valence-corrected chi connectivity index (χ3v) is 3.25. The molecule has 1 aromatic rings. The van der Waals surface area contributed by atoms with Crippen molar-refractivity contribution in [1.82, 2.24) is 0 Å². The molecule has 1 unspecified atom stereocenters. The van der Waals surface area contributed by atoms with Gasteiger partial charge >= 0.3 is 5.97 Å². The van der Waals surface area contributed by atoms with E-state index in [1.54, 1.807) is 0 Å². The minimum Gasteiger partial charge on any atom is -0.481 e. The van der Waals surface area contributed by atoms with Crippen LogP contribution in [0.3, 0.4) is 0 Å². The molecule has 2 rings (SSSR count). The van der Waals surface area contributed by atoms with Crippen LogP contribution in [0, 0.1) is 0 Å². The van der Waals surface area contributed by atoms with E-state index in [0.717, 1.165) is 31.9 Å². The summed E-state index contributed by atoms with van der Waals surface area (Å²) >= 11 is 0. The van der Waals surface area contributed by atoms with E-state index in [9.17, 15) is 4.79 Å². The first-order valence-corrected chi connectivity index (χ1v) is 6.54. The normalized spacial score (nSPS) is 17.2. The quantitative estimate of drug-likeness (QED) is 0.825. The Bertz CT molecular complexity index is 413. The van der Waals surface area contributed by atoms with E-state index in [1.165, 1.54) is 5.69 Å². The van der Waals surface area contributed by atoms with Crippen LogP contribution in [-0.4, -0.2) is 43.4 Å². The van der Waals surface area contributed by atoms with Gasteiger partial charge in [0.1, 0.15) is 0 Å². The summed E-state index contributed by atoms with van der Waals surface area (Å²) in [5.41, 5.74) is 8.03. The van der Waals surface area contributed by atoms with Crippen molar-refractivity contribution in [2.45, 2.75) is 18.9 Å². The van der Waals surface area contributed by atoms with E-state index in [0.29, 0.717) is 6.42 Å². The van der Waals surface area contributed by atoms with Crippen LogP contribution in [0.25, 0.3) is 0 Å². The third kappa shape index (κ3) is 4.22. The Hall–Kier alpha value is -1.59. The second kappa shape index (κ2) is 6.54. The Kier molecular flexibility index (Phi) is 4.76. The number of aliphatic carboxylic acids is 1. The molecule has 1 aromatic carbocycles. The second-order valence-electron chi connectivity index (χ2n) is 4.83. The number of hydrogen-bond donors (Lipinski definition) is 2. The highest BCUT2D eigenvalue weighted by atomic mass is 16.5. The average Bonchev–Trinajstić information content (AvgIpc) is 2.39. The Labute approximate surface area is 113 Å². The number of benzene rings is 1. The third-order valence-electron chi connectivity index (χ3n) is 3.25. The molecule has 0 aromatic heterocycles.